The van der Waals surface area contributed by atoms with E-state index in [9.17, 15) is 15.0 Å². The summed E-state index contributed by atoms with van der Waals surface area (Å²) in [6, 6.07) is 19.2. The van der Waals surface area contributed by atoms with Crippen molar-refractivity contribution in [2.75, 3.05) is 7.11 Å². The number of phenolic OH excluding ortho intramolecular Hbond substituents is 2. The fourth-order valence-electron chi connectivity index (χ4n) is 3.30. The van der Waals surface area contributed by atoms with Crippen molar-refractivity contribution in [2.24, 2.45) is 5.10 Å². The van der Waals surface area contributed by atoms with Crippen LogP contribution in [0, 0.1) is 6.92 Å². The summed E-state index contributed by atoms with van der Waals surface area (Å²) >= 11 is 0. The van der Waals surface area contributed by atoms with Crippen molar-refractivity contribution in [3.8, 4) is 28.5 Å². The molecule has 160 valence electrons. The van der Waals surface area contributed by atoms with Gasteiger partial charge in [-0.25, -0.2) is 10.4 Å². The number of methoxy groups -OCH3 is 1. The van der Waals surface area contributed by atoms with Gasteiger partial charge in [0.1, 0.15) is 5.75 Å². The lowest BCUT2D eigenvalue weighted by atomic mass is 10.0. The maximum Gasteiger partial charge on any atom is 0.272 e. The molecule has 0 spiro atoms. The second kappa shape index (κ2) is 8.77. The summed E-state index contributed by atoms with van der Waals surface area (Å²) in [5, 5.41) is 23.7. The summed E-state index contributed by atoms with van der Waals surface area (Å²) in [4.78, 5) is 17.7. The zero-order chi connectivity index (χ0) is 22.7. The third-order valence-corrected chi connectivity index (χ3v) is 4.95. The van der Waals surface area contributed by atoms with Crippen LogP contribution in [0.15, 0.2) is 71.8 Å². The molecule has 3 aromatic carbocycles. The number of ether oxygens (including phenoxy) is 1. The van der Waals surface area contributed by atoms with Crippen LogP contribution in [0.2, 0.25) is 0 Å². The largest absolute Gasteiger partial charge is 0.504 e. The fourth-order valence-corrected chi connectivity index (χ4v) is 3.30. The third kappa shape index (κ3) is 4.37. The number of carbonyl (C=O) groups is 1. The molecule has 1 heterocycles. The highest BCUT2D eigenvalue weighted by Gasteiger charge is 2.14. The Labute approximate surface area is 184 Å². The van der Waals surface area contributed by atoms with Crippen molar-refractivity contribution >= 4 is 23.0 Å². The van der Waals surface area contributed by atoms with E-state index >= 15 is 0 Å². The quantitative estimate of drug-likeness (QED) is 0.249. The molecule has 7 heteroatoms. The lowest BCUT2D eigenvalue weighted by Crippen LogP contribution is -2.18. The molecule has 0 aliphatic heterocycles. The monoisotopic (exact) mass is 427 g/mol. The number of hydrogen-bond donors (Lipinski definition) is 3. The van der Waals surface area contributed by atoms with Crippen molar-refractivity contribution in [3.63, 3.8) is 0 Å². The Bertz CT molecular complexity index is 1350. The molecule has 0 saturated carbocycles. The minimum Gasteiger partial charge on any atom is -0.504 e. The maximum atomic E-state index is 13.0. The van der Waals surface area contributed by atoms with Crippen molar-refractivity contribution in [1.29, 1.82) is 0 Å². The number of carbonyl (C=O) groups excluding carboxylic acids is 1. The molecule has 0 aliphatic carbocycles. The van der Waals surface area contributed by atoms with Crippen LogP contribution in [0.1, 0.15) is 21.5 Å². The van der Waals surface area contributed by atoms with Crippen LogP contribution in [-0.4, -0.2) is 34.4 Å². The second-order valence-electron chi connectivity index (χ2n) is 7.25. The molecule has 1 aromatic heterocycles. The molecule has 0 bridgehead atoms. The molecule has 32 heavy (non-hydrogen) atoms. The van der Waals surface area contributed by atoms with Crippen molar-refractivity contribution < 1.29 is 19.7 Å². The lowest BCUT2D eigenvalue weighted by molar-refractivity contribution is 0.0956. The molecule has 0 fully saturated rings. The first-order chi connectivity index (χ1) is 15.4. The highest BCUT2D eigenvalue weighted by Crippen LogP contribution is 2.28. The number of aryl methyl sites for hydroxylation is 1. The van der Waals surface area contributed by atoms with Gasteiger partial charge in [-0.05, 0) is 61.0 Å². The van der Waals surface area contributed by atoms with Gasteiger partial charge in [-0.1, -0.05) is 23.8 Å². The predicted molar refractivity (Wildman–Crippen MR) is 123 cm³/mol. The molecule has 4 rings (SSSR count). The van der Waals surface area contributed by atoms with E-state index in [4.69, 9.17) is 9.72 Å². The van der Waals surface area contributed by atoms with E-state index in [1.165, 1.54) is 18.3 Å². The van der Waals surface area contributed by atoms with Crippen LogP contribution in [0.25, 0.3) is 22.2 Å². The Morgan fingerprint density at radius 3 is 2.66 bits per heavy atom. The highest BCUT2D eigenvalue weighted by atomic mass is 16.5. The first-order valence-corrected chi connectivity index (χ1v) is 9.86. The van der Waals surface area contributed by atoms with Crippen LogP contribution in [0.4, 0.5) is 0 Å². The Morgan fingerprint density at radius 1 is 1.03 bits per heavy atom. The standard InChI is InChI=1S/C25H21N3O4/c1-15-6-8-21-19(10-15)20(13-22(27-21)17-4-3-5-18(12-17)32-2)25(31)28-26-14-16-7-9-23(29)24(30)11-16/h3-14,29-30H,1-2H3,(H,28,31)/b26-14-. The van der Waals surface area contributed by atoms with Crippen molar-refractivity contribution in [2.45, 2.75) is 6.92 Å². The number of nitrogens with zero attached hydrogens (tertiary/aromatic N) is 2. The van der Waals surface area contributed by atoms with Gasteiger partial charge in [0.15, 0.2) is 11.5 Å². The van der Waals surface area contributed by atoms with Gasteiger partial charge in [0.2, 0.25) is 0 Å². The van der Waals surface area contributed by atoms with Crippen LogP contribution >= 0.6 is 0 Å². The molecule has 4 aromatic rings. The van der Waals surface area contributed by atoms with Gasteiger partial charge in [0, 0.05) is 10.9 Å². The summed E-state index contributed by atoms with van der Waals surface area (Å²) < 4.78 is 5.31. The number of nitrogens with one attached hydrogen (secondary N) is 1. The second-order valence-corrected chi connectivity index (χ2v) is 7.25. The van der Waals surface area contributed by atoms with Gasteiger partial charge in [-0.15, -0.1) is 0 Å². The Hall–Kier alpha value is -4.39. The number of fused-ring (bicyclic) bond motifs is 1. The van der Waals surface area contributed by atoms with Gasteiger partial charge in [0.25, 0.3) is 5.91 Å². The van der Waals surface area contributed by atoms with Crippen LogP contribution < -0.4 is 10.2 Å². The van der Waals surface area contributed by atoms with E-state index in [0.29, 0.717) is 33.5 Å². The van der Waals surface area contributed by atoms with Gasteiger partial charge in [-0.3, -0.25) is 4.79 Å². The first kappa shape index (κ1) is 20.9. The SMILES string of the molecule is COc1cccc(-c2cc(C(=O)N/N=C\c3ccc(O)c(O)c3)c3cc(C)ccc3n2)c1. The van der Waals surface area contributed by atoms with E-state index in [1.54, 1.807) is 19.2 Å². The summed E-state index contributed by atoms with van der Waals surface area (Å²) in [5.41, 5.74) is 6.64. The normalized spacial score (nSPS) is 11.1. The van der Waals surface area contributed by atoms with E-state index in [1.807, 2.05) is 49.4 Å². The number of hydrazone groups is 1. The van der Waals surface area contributed by atoms with Gasteiger partial charge in [-0.2, -0.15) is 5.10 Å². The van der Waals surface area contributed by atoms with Gasteiger partial charge in [0.05, 0.1) is 30.1 Å². The lowest BCUT2D eigenvalue weighted by Gasteiger charge is -2.10. The average molecular weight is 427 g/mol. The number of hydrogen-bond acceptors (Lipinski definition) is 6. The molecule has 0 atom stereocenters. The number of aromatic nitrogens is 1. The van der Waals surface area contributed by atoms with Crippen LogP contribution in [0.3, 0.4) is 0 Å². The Balaban J connectivity index is 1.70. The fraction of sp³-hybridized carbons (Fsp3) is 0.0800. The maximum absolute atomic E-state index is 13.0. The van der Waals surface area contributed by atoms with Crippen LogP contribution in [-0.2, 0) is 0 Å². The smallest absolute Gasteiger partial charge is 0.272 e. The minimum atomic E-state index is -0.397. The predicted octanol–water partition coefficient (Wildman–Crippen LogP) is 4.39. The Kier molecular flexibility index (Phi) is 5.72. The summed E-state index contributed by atoms with van der Waals surface area (Å²) in [6.45, 7) is 1.95. The molecule has 1 amide bonds. The zero-order valence-electron chi connectivity index (χ0n) is 17.5. The molecule has 3 N–H and O–H groups in total. The zero-order valence-corrected chi connectivity index (χ0v) is 17.5. The summed E-state index contributed by atoms with van der Waals surface area (Å²) in [6.07, 6.45) is 1.38. The number of benzene rings is 3. The number of amides is 1. The topological polar surface area (TPSA) is 104 Å². The van der Waals surface area contributed by atoms with Crippen LogP contribution in [0.5, 0.6) is 17.2 Å². The van der Waals surface area contributed by atoms with Gasteiger partial charge < -0.3 is 14.9 Å². The summed E-state index contributed by atoms with van der Waals surface area (Å²) in [5.74, 6) is -0.193. The number of phenols is 2. The highest BCUT2D eigenvalue weighted by molar-refractivity contribution is 6.07. The van der Waals surface area contributed by atoms with Gasteiger partial charge >= 0.3 is 0 Å². The van der Waals surface area contributed by atoms with E-state index in [2.05, 4.69) is 10.5 Å². The molecule has 0 saturated heterocycles. The number of pyridine rings is 1. The molecule has 0 aliphatic rings. The number of rotatable bonds is 5. The minimum absolute atomic E-state index is 0.227. The van der Waals surface area contributed by atoms with E-state index < -0.39 is 5.91 Å². The summed E-state index contributed by atoms with van der Waals surface area (Å²) in [7, 11) is 1.60. The van der Waals surface area contributed by atoms with E-state index in [-0.39, 0.29) is 11.5 Å². The molecule has 7 nitrogen and oxygen atoms in total. The average Bonchev–Trinajstić information content (AvgIpc) is 2.80. The third-order valence-electron chi connectivity index (χ3n) is 4.95. The first-order valence-electron chi connectivity index (χ1n) is 9.86. The van der Waals surface area contributed by atoms with Crippen molar-refractivity contribution in [3.05, 3.63) is 83.4 Å². The molecule has 0 unspecified atom stereocenters. The van der Waals surface area contributed by atoms with E-state index in [0.717, 1.165) is 11.1 Å². The molecular formula is C25H21N3O4. The molecular weight excluding hydrogens is 406 g/mol. The Morgan fingerprint density at radius 2 is 1.88 bits per heavy atom. The van der Waals surface area contributed by atoms with Crippen molar-refractivity contribution in [1.82, 2.24) is 10.4 Å². The molecule has 0 radical (unpaired) electrons. The number of aromatic hydroxyl groups is 2.